The molecule has 0 atom stereocenters. The van der Waals surface area contributed by atoms with E-state index < -0.39 is 0 Å². The SMILES string of the molecule is CCNC(=O)Cc1ccccc1N. The molecule has 1 rings (SSSR count). The number of amides is 1. The van der Waals surface area contributed by atoms with E-state index in [1.807, 2.05) is 25.1 Å². The van der Waals surface area contributed by atoms with E-state index in [-0.39, 0.29) is 5.91 Å². The first-order chi connectivity index (χ1) is 6.24. The molecular weight excluding hydrogens is 164 g/mol. The van der Waals surface area contributed by atoms with E-state index in [1.54, 1.807) is 6.07 Å². The minimum Gasteiger partial charge on any atom is -0.398 e. The van der Waals surface area contributed by atoms with Gasteiger partial charge in [0, 0.05) is 12.2 Å². The van der Waals surface area contributed by atoms with Crippen LogP contribution < -0.4 is 11.1 Å². The first-order valence-electron chi connectivity index (χ1n) is 4.34. The number of nitrogen functional groups attached to an aromatic ring is 1. The third kappa shape index (κ3) is 2.78. The maximum absolute atomic E-state index is 11.2. The average molecular weight is 178 g/mol. The number of nitrogens with two attached hydrogens (primary N) is 1. The Labute approximate surface area is 77.9 Å². The molecule has 3 N–H and O–H groups in total. The molecule has 0 aliphatic carbocycles. The van der Waals surface area contributed by atoms with Crippen LogP contribution in [0.5, 0.6) is 0 Å². The first kappa shape index (κ1) is 9.58. The van der Waals surface area contributed by atoms with E-state index in [1.165, 1.54) is 0 Å². The number of rotatable bonds is 3. The maximum Gasteiger partial charge on any atom is 0.224 e. The van der Waals surface area contributed by atoms with E-state index in [2.05, 4.69) is 5.32 Å². The molecule has 1 aromatic carbocycles. The maximum atomic E-state index is 11.2. The summed E-state index contributed by atoms with van der Waals surface area (Å²) in [5.74, 6) is 0.0143. The fourth-order valence-electron chi connectivity index (χ4n) is 1.13. The van der Waals surface area contributed by atoms with Crippen molar-refractivity contribution in [3.8, 4) is 0 Å². The largest absolute Gasteiger partial charge is 0.398 e. The lowest BCUT2D eigenvalue weighted by atomic mass is 10.1. The highest BCUT2D eigenvalue weighted by Crippen LogP contribution is 2.10. The molecule has 1 aromatic rings. The lowest BCUT2D eigenvalue weighted by Gasteiger charge is -2.04. The van der Waals surface area contributed by atoms with Crippen LogP contribution in [0.2, 0.25) is 0 Å². The van der Waals surface area contributed by atoms with Gasteiger partial charge in [0.1, 0.15) is 0 Å². The molecule has 0 bridgehead atoms. The Morgan fingerprint density at radius 2 is 2.15 bits per heavy atom. The predicted molar refractivity (Wildman–Crippen MR) is 53.2 cm³/mol. The van der Waals surface area contributed by atoms with Crippen LogP contribution in [-0.4, -0.2) is 12.5 Å². The third-order valence-electron chi connectivity index (χ3n) is 1.78. The molecule has 0 aliphatic heterocycles. The van der Waals surface area contributed by atoms with Gasteiger partial charge in [-0.3, -0.25) is 4.79 Å². The smallest absolute Gasteiger partial charge is 0.224 e. The minimum absolute atomic E-state index is 0.0143. The quantitative estimate of drug-likeness (QED) is 0.677. The summed E-state index contributed by atoms with van der Waals surface area (Å²) in [6.07, 6.45) is 0.362. The van der Waals surface area contributed by atoms with E-state index in [0.717, 1.165) is 5.56 Å². The molecule has 0 saturated heterocycles. The average Bonchev–Trinajstić information content (AvgIpc) is 2.09. The van der Waals surface area contributed by atoms with Crippen LogP contribution in [0.1, 0.15) is 12.5 Å². The fourth-order valence-corrected chi connectivity index (χ4v) is 1.13. The Morgan fingerprint density at radius 3 is 2.77 bits per heavy atom. The number of benzene rings is 1. The molecule has 3 nitrogen and oxygen atoms in total. The molecule has 0 saturated carbocycles. The molecular formula is C10H14N2O. The van der Waals surface area contributed by atoms with Crippen molar-refractivity contribution in [3.05, 3.63) is 29.8 Å². The second-order valence-corrected chi connectivity index (χ2v) is 2.83. The van der Waals surface area contributed by atoms with Gasteiger partial charge < -0.3 is 11.1 Å². The van der Waals surface area contributed by atoms with Gasteiger partial charge in [-0.1, -0.05) is 18.2 Å². The van der Waals surface area contributed by atoms with Gasteiger partial charge in [0.2, 0.25) is 5.91 Å². The zero-order valence-electron chi connectivity index (χ0n) is 7.71. The van der Waals surface area contributed by atoms with Crippen molar-refractivity contribution in [2.45, 2.75) is 13.3 Å². The molecule has 0 aromatic heterocycles. The van der Waals surface area contributed by atoms with Crippen LogP contribution in [0.4, 0.5) is 5.69 Å². The van der Waals surface area contributed by atoms with Crippen LogP contribution in [-0.2, 0) is 11.2 Å². The zero-order valence-corrected chi connectivity index (χ0v) is 7.71. The Kier molecular flexibility index (Phi) is 3.31. The van der Waals surface area contributed by atoms with E-state index in [4.69, 9.17) is 5.73 Å². The molecule has 13 heavy (non-hydrogen) atoms. The van der Waals surface area contributed by atoms with Gasteiger partial charge in [-0.15, -0.1) is 0 Å². The highest BCUT2D eigenvalue weighted by atomic mass is 16.1. The van der Waals surface area contributed by atoms with Crippen LogP contribution in [0, 0.1) is 0 Å². The number of hydrogen-bond acceptors (Lipinski definition) is 2. The highest BCUT2D eigenvalue weighted by Gasteiger charge is 2.03. The van der Waals surface area contributed by atoms with Crippen molar-refractivity contribution >= 4 is 11.6 Å². The Morgan fingerprint density at radius 1 is 1.46 bits per heavy atom. The van der Waals surface area contributed by atoms with Crippen LogP contribution in [0.25, 0.3) is 0 Å². The van der Waals surface area contributed by atoms with Crippen LogP contribution in [0.15, 0.2) is 24.3 Å². The lowest BCUT2D eigenvalue weighted by Crippen LogP contribution is -2.24. The number of hydrogen-bond donors (Lipinski definition) is 2. The normalized spacial score (nSPS) is 9.62. The summed E-state index contributed by atoms with van der Waals surface area (Å²) in [4.78, 5) is 11.2. The second kappa shape index (κ2) is 4.50. The summed E-state index contributed by atoms with van der Waals surface area (Å²) in [6.45, 7) is 2.55. The molecule has 0 radical (unpaired) electrons. The van der Waals surface area contributed by atoms with Gasteiger partial charge in [-0.05, 0) is 18.6 Å². The van der Waals surface area contributed by atoms with Gasteiger partial charge in [-0.25, -0.2) is 0 Å². The number of nitrogens with one attached hydrogen (secondary N) is 1. The molecule has 0 heterocycles. The van der Waals surface area contributed by atoms with Crippen molar-refractivity contribution in [1.82, 2.24) is 5.32 Å². The fraction of sp³-hybridized carbons (Fsp3) is 0.300. The highest BCUT2D eigenvalue weighted by molar-refractivity contribution is 5.80. The van der Waals surface area contributed by atoms with Gasteiger partial charge in [-0.2, -0.15) is 0 Å². The zero-order chi connectivity index (χ0) is 9.68. The second-order valence-electron chi connectivity index (χ2n) is 2.83. The van der Waals surface area contributed by atoms with Crippen molar-refractivity contribution in [3.63, 3.8) is 0 Å². The van der Waals surface area contributed by atoms with Gasteiger partial charge in [0.25, 0.3) is 0 Å². The standard InChI is InChI=1S/C10H14N2O/c1-2-12-10(13)7-8-5-3-4-6-9(8)11/h3-6H,2,7,11H2,1H3,(H,12,13). The summed E-state index contributed by atoms with van der Waals surface area (Å²) in [6, 6.07) is 7.40. The van der Waals surface area contributed by atoms with Gasteiger partial charge in [0.05, 0.1) is 6.42 Å². The Balaban J connectivity index is 2.63. The minimum atomic E-state index is 0.0143. The topological polar surface area (TPSA) is 55.1 Å². The molecule has 0 fully saturated rings. The number of likely N-dealkylation sites (N-methyl/N-ethyl adjacent to an activating group) is 1. The molecule has 3 heteroatoms. The van der Waals surface area contributed by atoms with Crippen molar-refractivity contribution < 1.29 is 4.79 Å². The summed E-state index contributed by atoms with van der Waals surface area (Å²) in [7, 11) is 0. The molecule has 0 aliphatic rings. The first-order valence-corrected chi connectivity index (χ1v) is 4.34. The number of carbonyl (C=O) groups is 1. The summed E-state index contributed by atoms with van der Waals surface area (Å²) >= 11 is 0. The van der Waals surface area contributed by atoms with E-state index in [9.17, 15) is 4.79 Å². The monoisotopic (exact) mass is 178 g/mol. The summed E-state index contributed by atoms with van der Waals surface area (Å²) in [5, 5.41) is 2.73. The third-order valence-corrected chi connectivity index (χ3v) is 1.78. The van der Waals surface area contributed by atoms with Crippen molar-refractivity contribution in [2.24, 2.45) is 0 Å². The molecule has 0 unspecified atom stereocenters. The Bertz CT molecular complexity index is 297. The van der Waals surface area contributed by atoms with Crippen molar-refractivity contribution in [2.75, 3.05) is 12.3 Å². The number of carbonyl (C=O) groups excluding carboxylic acids is 1. The van der Waals surface area contributed by atoms with E-state index in [0.29, 0.717) is 18.7 Å². The van der Waals surface area contributed by atoms with Crippen molar-refractivity contribution in [1.29, 1.82) is 0 Å². The molecule has 0 spiro atoms. The van der Waals surface area contributed by atoms with Gasteiger partial charge >= 0.3 is 0 Å². The Hall–Kier alpha value is -1.51. The predicted octanol–water partition coefficient (Wildman–Crippen LogP) is 0.947. The van der Waals surface area contributed by atoms with E-state index >= 15 is 0 Å². The number of anilines is 1. The summed E-state index contributed by atoms with van der Waals surface area (Å²) < 4.78 is 0. The van der Waals surface area contributed by atoms with Crippen LogP contribution >= 0.6 is 0 Å². The van der Waals surface area contributed by atoms with Gasteiger partial charge in [0.15, 0.2) is 0 Å². The number of para-hydroxylation sites is 1. The van der Waals surface area contributed by atoms with Crippen LogP contribution in [0.3, 0.4) is 0 Å². The summed E-state index contributed by atoms with van der Waals surface area (Å²) in [5.41, 5.74) is 7.24. The lowest BCUT2D eigenvalue weighted by molar-refractivity contribution is -0.120. The molecule has 1 amide bonds. The molecule has 70 valence electrons.